The molecule has 0 radical (unpaired) electrons. The van der Waals surface area contributed by atoms with Crippen LogP contribution in [0.2, 0.25) is 0 Å². The summed E-state index contributed by atoms with van der Waals surface area (Å²) < 4.78 is 5.41. The van der Waals surface area contributed by atoms with Gasteiger partial charge in [0.25, 0.3) is 0 Å². The molecule has 2 bridgehead atoms. The molecule has 0 aromatic rings. The van der Waals surface area contributed by atoms with E-state index in [4.69, 9.17) is 4.74 Å². The third-order valence-electron chi connectivity index (χ3n) is 3.96. The van der Waals surface area contributed by atoms with Gasteiger partial charge in [0.2, 0.25) is 0 Å². The van der Waals surface area contributed by atoms with Gasteiger partial charge < -0.3 is 4.74 Å². The predicted octanol–water partition coefficient (Wildman–Crippen LogP) is 2.76. The molecule has 0 spiro atoms. The lowest BCUT2D eigenvalue weighted by Gasteiger charge is -2.34. The molecule has 0 amide bonds. The monoisotopic (exact) mass is 196 g/mol. The summed E-state index contributed by atoms with van der Waals surface area (Å²) >= 11 is 0. The zero-order chi connectivity index (χ0) is 10.1. The summed E-state index contributed by atoms with van der Waals surface area (Å²) in [4.78, 5) is 11.1. The van der Waals surface area contributed by atoms with Crippen molar-refractivity contribution in [2.75, 3.05) is 0 Å². The Morgan fingerprint density at radius 3 is 2.64 bits per heavy atom. The Morgan fingerprint density at radius 2 is 1.86 bits per heavy atom. The largest absolute Gasteiger partial charge is 0.462 e. The lowest BCUT2D eigenvalue weighted by Crippen LogP contribution is -2.36. The number of carbonyl (C=O) groups is 1. The molecule has 3 fully saturated rings. The van der Waals surface area contributed by atoms with Gasteiger partial charge in [0.1, 0.15) is 6.10 Å². The van der Waals surface area contributed by atoms with E-state index in [0.717, 1.165) is 24.2 Å². The van der Waals surface area contributed by atoms with E-state index in [2.05, 4.69) is 0 Å². The van der Waals surface area contributed by atoms with Crippen molar-refractivity contribution in [2.24, 2.45) is 17.8 Å². The lowest BCUT2D eigenvalue weighted by atomic mass is 9.82. The molecular formula is C12H20O2. The van der Waals surface area contributed by atoms with Gasteiger partial charge in [-0.3, -0.25) is 4.79 Å². The standard InChI is InChI=1S/C10H14O2.C2H6/c11-9-4-3-8-6-1-2-7(5-6)10(8)12-9;1-2/h6-8,10H,1-5H2;1-2H3. The Kier molecular flexibility index (Phi) is 2.80. The van der Waals surface area contributed by atoms with Crippen molar-refractivity contribution >= 4 is 5.97 Å². The number of hydrogen-bond donors (Lipinski definition) is 0. The zero-order valence-corrected chi connectivity index (χ0v) is 9.16. The second-order valence-corrected chi connectivity index (χ2v) is 4.49. The first-order valence-corrected chi connectivity index (χ1v) is 6.04. The van der Waals surface area contributed by atoms with Crippen molar-refractivity contribution in [1.82, 2.24) is 0 Å². The molecule has 1 saturated heterocycles. The fraction of sp³-hybridized carbons (Fsp3) is 0.917. The summed E-state index contributed by atoms with van der Waals surface area (Å²) in [6.45, 7) is 4.00. The van der Waals surface area contributed by atoms with Crippen LogP contribution in [0, 0.1) is 17.8 Å². The van der Waals surface area contributed by atoms with E-state index in [1.165, 1.54) is 19.3 Å². The van der Waals surface area contributed by atoms with Crippen molar-refractivity contribution < 1.29 is 9.53 Å². The van der Waals surface area contributed by atoms with Crippen LogP contribution in [0.25, 0.3) is 0 Å². The van der Waals surface area contributed by atoms with E-state index in [-0.39, 0.29) is 5.97 Å². The van der Waals surface area contributed by atoms with Crippen LogP contribution < -0.4 is 0 Å². The molecular weight excluding hydrogens is 176 g/mol. The zero-order valence-electron chi connectivity index (χ0n) is 9.16. The van der Waals surface area contributed by atoms with Crippen LogP contribution in [0.3, 0.4) is 0 Å². The Morgan fingerprint density at radius 1 is 1.14 bits per heavy atom. The highest BCUT2D eigenvalue weighted by molar-refractivity contribution is 5.70. The van der Waals surface area contributed by atoms with Gasteiger partial charge in [0.05, 0.1) is 0 Å². The van der Waals surface area contributed by atoms with Gasteiger partial charge in [-0.25, -0.2) is 0 Å². The summed E-state index contributed by atoms with van der Waals surface area (Å²) in [5.41, 5.74) is 0. The summed E-state index contributed by atoms with van der Waals surface area (Å²) in [6, 6.07) is 0. The van der Waals surface area contributed by atoms with Gasteiger partial charge in [0, 0.05) is 6.42 Å². The number of hydrogen-bond acceptors (Lipinski definition) is 2. The minimum Gasteiger partial charge on any atom is -0.462 e. The topological polar surface area (TPSA) is 26.3 Å². The van der Waals surface area contributed by atoms with Crippen molar-refractivity contribution in [3.63, 3.8) is 0 Å². The minimum atomic E-state index is 0.0452. The highest BCUT2D eigenvalue weighted by Gasteiger charge is 2.51. The number of rotatable bonds is 0. The molecule has 3 aliphatic rings. The molecule has 3 rings (SSSR count). The van der Waals surface area contributed by atoms with E-state index in [0.29, 0.717) is 12.5 Å². The highest BCUT2D eigenvalue weighted by atomic mass is 16.5. The van der Waals surface area contributed by atoms with Crippen LogP contribution in [0.15, 0.2) is 0 Å². The van der Waals surface area contributed by atoms with Gasteiger partial charge >= 0.3 is 5.97 Å². The molecule has 2 saturated carbocycles. The maximum atomic E-state index is 11.1. The Hall–Kier alpha value is -0.530. The van der Waals surface area contributed by atoms with Crippen molar-refractivity contribution in [3.05, 3.63) is 0 Å². The van der Waals surface area contributed by atoms with E-state index in [1.54, 1.807) is 0 Å². The molecule has 2 nitrogen and oxygen atoms in total. The third-order valence-corrected chi connectivity index (χ3v) is 3.96. The quantitative estimate of drug-likeness (QED) is 0.557. The fourth-order valence-corrected chi connectivity index (χ4v) is 3.44. The maximum absolute atomic E-state index is 11.1. The molecule has 0 aromatic heterocycles. The van der Waals surface area contributed by atoms with Crippen LogP contribution in [0.1, 0.15) is 46.0 Å². The van der Waals surface area contributed by atoms with Crippen LogP contribution in [-0.4, -0.2) is 12.1 Å². The van der Waals surface area contributed by atoms with Crippen molar-refractivity contribution in [2.45, 2.75) is 52.1 Å². The van der Waals surface area contributed by atoms with Gasteiger partial charge in [-0.05, 0) is 43.4 Å². The molecule has 0 aromatic carbocycles. The molecule has 2 aliphatic carbocycles. The average molecular weight is 196 g/mol. The second kappa shape index (κ2) is 3.92. The first-order chi connectivity index (χ1) is 6.84. The first-order valence-electron chi connectivity index (χ1n) is 6.04. The molecule has 1 aliphatic heterocycles. The smallest absolute Gasteiger partial charge is 0.306 e. The van der Waals surface area contributed by atoms with Crippen molar-refractivity contribution in [1.29, 1.82) is 0 Å². The number of ether oxygens (including phenoxy) is 1. The summed E-state index contributed by atoms with van der Waals surface area (Å²) in [5, 5.41) is 0. The Balaban J connectivity index is 0.000000354. The van der Waals surface area contributed by atoms with Crippen LogP contribution in [0.4, 0.5) is 0 Å². The van der Waals surface area contributed by atoms with Gasteiger partial charge in [-0.1, -0.05) is 13.8 Å². The molecule has 1 heterocycles. The third kappa shape index (κ3) is 1.45. The molecule has 0 N–H and O–H groups in total. The molecule has 2 heteroatoms. The molecule has 14 heavy (non-hydrogen) atoms. The Bertz CT molecular complexity index is 224. The highest BCUT2D eigenvalue weighted by Crippen LogP contribution is 2.52. The van der Waals surface area contributed by atoms with E-state index < -0.39 is 0 Å². The van der Waals surface area contributed by atoms with E-state index >= 15 is 0 Å². The van der Waals surface area contributed by atoms with Crippen LogP contribution in [-0.2, 0) is 9.53 Å². The van der Waals surface area contributed by atoms with E-state index in [9.17, 15) is 4.79 Å². The number of fused-ring (bicyclic) bond motifs is 5. The minimum absolute atomic E-state index is 0.0452. The number of carbonyl (C=O) groups excluding carboxylic acids is 1. The van der Waals surface area contributed by atoms with Crippen molar-refractivity contribution in [3.8, 4) is 0 Å². The summed E-state index contributed by atoms with van der Waals surface area (Å²) in [6.07, 6.45) is 6.13. The van der Waals surface area contributed by atoms with E-state index in [1.807, 2.05) is 13.8 Å². The normalized spacial score (nSPS) is 43.7. The van der Waals surface area contributed by atoms with Gasteiger partial charge in [-0.15, -0.1) is 0 Å². The lowest BCUT2D eigenvalue weighted by molar-refractivity contribution is -0.161. The summed E-state index contributed by atoms with van der Waals surface area (Å²) in [7, 11) is 0. The van der Waals surface area contributed by atoms with Crippen LogP contribution >= 0.6 is 0 Å². The second-order valence-electron chi connectivity index (χ2n) is 4.49. The molecule has 4 unspecified atom stereocenters. The Labute approximate surface area is 86.0 Å². The summed E-state index contributed by atoms with van der Waals surface area (Å²) in [5.74, 6) is 2.41. The average Bonchev–Trinajstić information content (AvgIpc) is 2.81. The SMILES string of the molecule is CC.O=C1CCC2C3CCC(C3)C2O1. The first kappa shape index (κ1) is 10.0. The fourth-order valence-electron chi connectivity index (χ4n) is 3.44. The predicted molar refractivity (Wildman–Crippen MR) is 54.8 cm³/mol. The molecule has 80 valence electrons. The molecule has 4 atom stereocenters. The maximum Gasteiger partial charge on any atom is 0.306 e. The van der Waals surface area contributed by atoms with Gasteiger partial charge in [0.15, 0.2) is 0 Å². The number of esters is 1. The van der Waals surface area contributed by atoms with Crippen LogP contribution in [0.5, 0.6) is 0 Å². The van der Waals surface area contributed by atoms with Gasteiger partial charge in [-0.2, -0.15) is 0 Å².